The molecule has 0 bridgehead atoms. The lowest BCUT2D eigenvalue weighted by Crippen LogP contribution is -2.16. The minimum Gasteiger partial charge on any atom is -0.465 e. The van der Waals surface area contributed by atoms with Crippen LogP contribution in [-0.4, -0.2) is 24.0 Å². The Morgan fingerprint density at radius 1 is 1.19 bits per heavy atom. The molecule has 2 aromatic rings. The lowest BCUT2D eigenvalue weighted by molar-refractivity contribution is 0.0602. The second-order valence-electron chi connectivity index (χ2n) is 3.99. The van der Waals surface area contributed by atoms with E-state index in [-0.39, 0.29) is 21.8 Å². The van der Waals surface area contributed by atoms with E-state index in [4.69, 9.17) is 23.2 Å². The average Bonchev–Trinajstić information content (AvgIpc) is 2.47. The van der Waals surface area contributed by atoms with Gasteiger partial charge in [0, 0.05) is 17.4 Å². The van der Waals surface area contributed by atoms with Crippen molar-refractivity contribution in [2.45, 2.75) is 0 Å². The summed E-state index contributed by atoms with van der Waals surface area (Å²) in [7, 11) is 1.25. The van der Waals surface area contributed by atoms with Crippen LogP contribution in [0.25, 0.3) is 0 Å². The van der Waals surface area contributed by atoms with E-state index in [9.17, 15) is 9.59 Å². The maximum atomic E-state index is 12.2. The van der Waals surface area contributed by atoms with Crippen molar-refractivity contribution < 1.29 is 14.3 Å². The van der Waals surface area contributed by atoms with Crippen LogP contribution in [0.15, 0.2) is 36.7 Å². The summed E-state index contributed by atoms with van der Waals surface area (Å²) in [6.07, 6.45) is 2.80. The number of methoxy groups -OCH3 is 1. The number of halogens is 2. The highest BCUT2D eigenvalue weighted by atomic mass is 35.5. The lowest BCUT2D eigenvalue weighted by Gasteiger charge is -2.10. The molecule has 7 heteroatoms. The van der Waals surface area contributed by atoms with Gasteiger partial charge in [0.25, 0.3) is 5.91 Å². The smallest absolute Gasteiger partial charge is 0.339 e. The van der Waals surface area contributed by atoms with Gasteiger partial charge in [0.2, 0.25) is 0 Å². The minimum absolute atomic E-state index is 0.195. The molecule has 108 valence electrons. The van der Waals surface area contributed by atoms with Gasteiger partial charge in [-0.1, -0.05) is 23.2 Å². The van der Waals surface area contributed by atoms with Crippen LogP contribution in [0.2, 0.25) is 10.0 Å². The number of hydrogen-bond acceptors (Lipinski definition) is 4. The zero-order valence-electron chi connectivity index (χ0n) is 10.9. The Labute approximate surface area is 130 Å². The van der Waals surface area contributed by atoms with E-state index in [1.165, 1.54) is 43.8 Å². The van der Waals surface area contributed by atoms with Gasteiger partial charge < -0.3 is 10.1 Å². The number of hydrogen-bond donors (Lipinski definition) is 1. The SMILES string of the molecule is COC(=O)c1ccc(Cl)cc1NC(=O)c1ccncc1Cl. The number of pyridine rings is 1. The van der Waals surface area contributed by atoms with E-state index < -0.39 is 11.9 Å². The van der Waals surface area contributed by atoms with Crippen LogP contribution in [0.1, 0.15) is 20.7 Å². The first-order valence-corrected chi connectivity index (χ1v) is 6.57. The Balaban J connectivity index is 2.35. The monoisotopic (exact) mass is 324 g/mol. The summed E-state index contributed by atoms with van der Waals surface area (Å²) in [4.78, 5) is 27.7. The van der Waals surface area contributed by atoms with Gasteiger partial charge in [-0.25, -0.2) is 4.79 Å². The van der Waals surface area contributed by atoms with Gasteiger partial charge in [0.05, 0.1) is 28.9 Å². The number of nitrogens with zero attached hydrogens (tertiary/aromatic N) is 1. The molecule has 0 atom stereocenters. The van der Waals surface area contributed by atoms with Crippen molar-refractivity contribution in [1.29, 1.82) is 0 Å². The molecule has 2 rings (SSSR count). The van der Waals surface area contributed by atoms with Crippen LogP contribution in [0, 0.1) is 0 Å². The number of anilines is 1. The number of nitrogens with one attached hydrogen (secondary N) is 1. The molecular formula is C14H10Cl2N2O3. The molecule has 0 radical (unpaired) electrons. The van der Waals surface area contributed by atoms with Gasteiger partial charge in [-0.3, -0.25) is 9.78 Å². The molecule has 0 saturated heterocycles. The number of ether oxygens (including phenoxy) is 1. The van der Waals surface area contributed by atoms with Gasteiger partial charge in [-0.15, -0.1) is 0 Å². The molecular weight excluding hydrogens is 315 g/mol. The summed E-state index contributed by atoms with van der Waals surface area (Å²) in [6, 6.07) is 5.93. The van der Waals surface area contributed by atoms with Crippen molar-refractivity contribution in [2.75, 3.05) is 12.4 Å². The number of aromatic nitrogens is 1. The number of amides is 1. The van der Waals surface area contributed by atoms with E-state index in [1.54, 1.807) is 0 Å². The van der Waals surface area contributed by atoms with E-state index >= 15 is 0 Å². The van der Waals surface area contributed by atoms with Crippen molar-refractivity contribution in [3.8, 4) is 0 Å². The van der Waals surface area contributed by atoms with Crippen LogP contribution < -0.4 is 5.32 Å². The standard InChI is InChI=1S/C14H10Cl2N2O3/c1-21-14(20)10-3-2-8(15)6-12(10)18-13(19)9-4-5-17-7-11(9)16/h2-7H,1H3,(H,18,19). The molecule has 1 amide bonds. The number of esters is 1. The van der Waals surface area contributed by atoms with Crippen molar-refractivity contribution in [3.63, 3.8) is 0 Å². The maximum absolute atomic E-state index is 12.2. The first-order chi connectivity index (χ1) is 10.0. The molecule has 0 unspecified atom stereocenters. The third-order valence-corrected chi connectivity index (χ3v) is 3.19. The van der Waals surface area contributed by atoms with Gasteiger partial charge in [0.15, 0.2) is 0 Å². The molecule has 1 aromatic heterocycles. The second-order valence-corrected chi connectivity index (χ2v) is 4.83. The van der Waals surface area contributed by atoms with Crippen molar-refractivity contribution in [3.05, 3.63) is 57.8 Å². The molecule has 21 heavy (non-hydrogen) atoms. The summed E-state index contributed by atoms with van der Waals surface area (Å²) in [5.41, 5.74) is 0.676. The van der Waals surface area contributed by atoms with Crippen LogP contribution >= 0.6 is 23.2 Å². The predicted molar refractivity (Wildman–Crippen MR) is 80.0 cm³/mol. The molecule has 0 aliphatic carbocycles. The highest BCUT2D eigenvalue weighted by molar-refractivity contribution is 6.34. The first kappa shape index (κ1) is 15.3. The molecule has 0 fully saturated rings. The lowest BCUT2D eigenvalue weighted by atomic mass is 10.1. The van der Waals surface area contributed by atoms with Crippen LogP contribution in [0.5, 0.6) is 0 Å². The summed E-state index contributed by atoms with van der Waals surface area (Å²) < 4.78 is 4.66. The third-order valence-electron chi connectivity index (χ3n) is 2.65. The van der Waals surface area contributed by atoms with Crippen LogP contribution in [0.4, 0.5) is 5.69 Å². The summed E-state index contributed by atoms with van der Waals surface area (Å²) in [6.45, 7) is 0. The number of carbonyl (C=O) groups excluding carboxylic acids is 2. The zero-order valence-corrected chi connectivity index (χ0v) is 12.4. The number of rotatable bonds is 3. The fourth-order valence-electron chi connectivity index (χ4n) is 1.66. The summed E-state index contributed by atoms with van der Waals surface area (Å²) >= 11 is 11.8. The predicted octanol–water partition coefficient (Wildman–Crippen LogP) is 3.43. The normalized spacial score (nSPS) is 10.0. The fraction of sp³-hybridized carbons (Fsp3) is 0.0714. The Kier molecular flexibility index (Phi) is 4.77. The van der Waals surface area contributed by atoms with Crippen molar-refractivity contribution in [1.82, 2.24) is 4.98 Å². The molecule has 0 aliphatic heterocycles. The highest BCUT2D eigenvalue weighted by Crippen LogP contribution is 2.23. The number of benzene rings is 1. The van der Waals surface area contributed by atoms with Crippen molar-refractivity contribution in [2.24, 2.45) is 0 Å². The Hall–Kier alpha value is -2.11. The molecule has 0 aliphatic rings. The van der Waals surface area contributed by atoms with Crippen LogP contribution in [0.3, 0.4) is 0 Å². The van der Waals surface area contributed by atoms with Crippen LogP contribution in [-0.2, 0) is 4.74 Å². The molecule has 1 N–H and O–H groups in total. The minimum atomic E-state index is -0.581. The molecule has 1 heterocycles. The van der Waals surface area contributed by atoms with Gasteiger partial charge in [-0.2, -0.15) is 0 Å². The van der Waals surface area contributed by atoms with E-state index in [0.717, 1.165) is 0 Å². The quantitative estimate of drug-likeness (QED) is 0.878. The number of carbonyl (C=O) groups is 2. The second kappa shape index (κ2) is 6.56. The topological polar surface area (TPSA) is 68.3 Å². The third kappa shape index (κ3) is 3.51. The van der Waals surface area contributed by atoms with E-state index in [0.29, 0.717) is 5.02 Å². The first-order valence-electron chi connectivity index (χ1n) is 5.81. The largest absolute Gasteiger partial charge is 0.465 e. The Morgan fingerprint density at radius 2 is 1.95 bits per heavy atom. The fourth-order valence-corrected chi connectivity index (χ4v) is 2.03. The van der Waals surface area contributed by atoms with Gasteiger partial charge in [0.1, 0.15) is 0 Å². The molecule has 0 spiro atoms. The molecule has 5 nitrogen and oxygen atoms in total. The van der Waals surface area contributed by atoms with Crippen molar-refractivity contribution >= 4 is 40.8 Å². The van der Waals surface area contributed by atoms with Gasteiger partial charge in [-0.05, 0) is 24.3 Å². The molecule has 1 aromatic carbocycles. The maximum Gasteiger partial charge on any atom is 0.339 e. The average molecular weight is 325 g/mol. The Bertz CT molecular complexity index is 704. The summed E-state index contributed by atoms with van der Waals surface area (Å²) in [5.74, 6) is -1.06. The zero-order chi connectivity index (χ0) is 15.4. The van der Waals surface area contributed by atoms with Gasteiger partial charge >= 0.3 is 5.97 Å². The summed E-state index contributed by atoms with van der Waals surface area (Å²) in [5, 5.41) is 3.17. The molecule has 0 saturated carbocycles. The highest BCUT2D eigenvalue weighted by Gasteiger charge is 2.16. The van der Waals surface area contributed by atoms with E-state index in [2.05, 4.69) is 15.0 Å². The van der Waals surface area contributed by atoms with E-state index in [1.807, 2.05) is 0 Å². The Morgan fingerprint density at radius 3 is 2.62 bits per heavy atom.